The maximum absolute atomic E-state index is 13.8. The van der Waals surface area contributed by atoms with Crippen LogP contribution in [0.4, 0.5) is 0 Å². The van der Waals surface area contributed by atoms with Crippen molar-refractivity contribution in [3.63, 3.8) is 0 Å². The van der Waals surface area contributed by atoms with Crippen LogP contribution >= 0.6 is 0 Å². The minimum atomic E-state index is -0.950. The predicted octanol–water partition coefficient (Wildman–Crippen LogP) is 4.29. The summed E-state index contributed by atoms with van der Waals surface area (Å²) in [5, 5.41) is 11.7. The lowest BCUT2D eigenvalue weighted by Crippen LogP contribution is -2.54. The molecule has 1 atom stereocenters. The number of fused-ring (bicyclic) bond motifs is 1. The van der Waals surface area contributed by atoms with E-state index in [1.807, 2.05) is 103 Å². The van der Waals surface area contributed by atoms with Crippen molar-refractivity contribution in [3.05, 3.63) is 132 Å². The fourth-order valence-electron chi connectivity index (χ4n) is 4.75. The highest BCUT2D eigenvalue weighted by Crippen LogP contribution is 2.37. The molecule has 0 saturated carbocycles. The van der Waals surface area contributed by atoms with Gasteiger partial charge in [0.05, 0.1) is 12.6 Å². The van der Waals surface area contributed by atoms with Gasteiger partial charge in [-0.25, -0.2) is 4.79 Å². The second-order valence-electron chi connectivity index (χ2n) is 9.02. The fourth-order valence-corrected chi connectivity index (χ4v) is 4.75. The van der Waals surface area contributed by atoms with Crippen LogP contribution in [0.25, 0.3) is 11.0 Å². The number of methoxy groups -OCH3 is 1. The van der Waals surface area contributed by atoms with Crippen molar-refractivity contribution in [3.8, 4) is 0 Å². The number of carbonyl (C=O) groups is 2. The first-order chi connectivity index (χ1) is 19.1. The first-order valence-corrected chi connectivity index (χ1v) is 12.7. The summed E-state index contributed by atoms with van der Waals surface area (Å²) < 4.78 is 4.88. The van der Waals surface area contributed by atoms with Crippen molar-refractivity contribution in [2.45, 2.75) is 24.4 Å². The Morgan fingerprint density at radius 3 is 1.85 bits per heavy atom. The molecule has 0 amide bonds. The van der Waals surface area contributed by atoms with Gasteiger partial charge in [0.1, 0.15) is 17.1 Å². The zero-order valence-electron chi connectivity index (χ0n) is 21.4. The molecule has 0 fully saturated rings. The molecule has 0 bridgehead atoms. The lowest BCUT2D eigenvalue weighted by atomic mass is 9.76. The zero-order chi connectivity index (χ0) is 27.1. The monoisotopic (exact) mass is 520 g/mol. The Morgan fingerprint density at radius 1 is 0.795 bits per heavy atom. The summed E-state index contributed by atoms with van der Waals surface area (Å²) in [6, 6.07) is 36.0. The topological polar surface area (TPSA) is 95.3 Å². The molecule has 1 heterocycles. The van der Waals surface area contributed by atoms with E-state index < -0.39 is 23.5 Å². The van der Waals surface area contributed by atoms with E-state index in [1.165, 1.54) is 7.11 Å². The molecular formula is C31H28N4O4. The molecule has 8 heteroatoms. The molecule has 5 aromatic rings. The summed E-state index contributed by atoms with van der Waals surface area (Å²) in [7, 11) is 1.33. The third kappa shape index (κ3) is 5.42. The van der Waals surface area contributed by atoms with E-state index in [0.717, 1.165) is 21.5 Å². The third-order valence-electron chi connectivity index (χ3n) is 6.66. The molecular weight excluding hydrogens is 492 g/mol. The van der Waals surface area contributed by atoms with E-state index in [-0.39, 0.29) is 12.8 Å². The number of para-hydroxylation sites is 1. The van der Waals surface area contributed by atoms with Crippen LogP contribution in [0.15, 0.2) is 115 Å². The van der Waals surface area contributed by atoms with Crippen LogP contribution in [0.5, 0.6) is 0 Å². The standard InChI is InChI=1S/C31H28N4O4/c1-38-29(36)22-21-27(30(37)39-35-28-20-12-11-19-26(28)33-34-35)32-31(23-13-5-2-6-14-23,24-15-7-3-8-16-24)25-17-9-4-10-18-25/h2-20,27,32H,21-22H2,1H3/t27-/m0/s1. The summed E-state index contributed by atoms with van der Waals surface area (Å²) >= 11 is 0. The van der Waals surface area contributed by atoms with Crippen molar-refractivity contribution < 1.29 is 19.2 Å². The van der Waals surface area contributed by atoms with E-state index in [2.05, 4.69) is 15.6 Å². The molecule has 8 nitrogen and oxygen atoms in total. The van der Waals surface area contributed by atoms with Crippen molar-refractivity contribution in [1.82, 2.24) is 20.5 Å². The van der Waals surface area contributed by atoms with Crippen LogP contribution in [0, 0.1) is 0 Å². The summed E-state index contributed by atoms with van der Waals surface area (Å²) in [5.41, 5.74) is 2.96. The molecule has 196 valence electrons. The zero-order valence-corrected chi connectivity index (χ0v) is 21.4. The Hall–Kier alpha value is -4.82. The Balaban J connectivity index is 1.61. The Morgan fingerprint density at radius 2 is 1.31 bits per heavy atom. The highest BCUT2D eigenvalue weighted by molar-refractivity contribution is 5.80. The number of esters is 1. The van der Waals surface area contributed by atoms with E-state index in [1.54, 1.807) is 12.1 Å². The average molecular weight is 521 g/mol. The molecule has 1 aromatic heterocycles. The fraction of sp³-hybridized carbons (Fsp3) is 0.161. The molecule has 0 radical (unpaired) electrons. The quantitative estimate of drug-likeness (QED) is 0.167. The second-order valence-corrected chi connectivity index (χ2v) is 9.02. The van der Waals surface area contributed by atoms with Gasteiger partial charge < -0.3 is 9.57 Å². The van der Waals surface area contributed by atoms with Gasteiger partial charge in [-0.05, 0) is 40.5 Å². The van der Waals surface area contributed by atoms with Crippen molar-refractivity contribution in [1.29, 1.82) is 0 Å². The molecule has 1 N–H and O–H groups in total. The summed E-state index contributed by atoms with van der Waals surface area (Å²) in [6.45, 7) is 0. The van der Waals surface area contributed by atoms with Gasteiger partial charge in [-0.3, -0.25) is 10.1 Å². The van der Waals surface area contributed by atoms with Crippen LogP contribution in [0.2, 0.25) is 0 Å². The molecule has 0 aliphatic carbocycles. The first-order valence-electron chi connectivity index (χ1n) is 12.7. The number of carbonyl (C=O) groups excluding carboxylic acids is 2. The summed E-state index contributed by atoms with van der Waals surface area (Å²) in [4.78, 5) is 32.8. The van der Waals surface area contributed by atoms with E-state index in [0.29, 0.717) is 11.0 Å². The largest absolute Gasteiger partial charge is 0.469 e. The SMILES string of the molecule is COC(=O)CC[C@H](NC(c1ccccc1)(c1ccccc1)c1ccccc1)C(=O)On1nnc2ccccc21. The van der Waals surface area contributed by atoms with Gasteiger partial charge in [-0.1, -0.05) is 108 Å². The van der Waals surface area contributed by atoms with Gasteiger partial charge in [0, 0.05) is 6.42 Å². The van der Waals surface area contributed by atoms with Crippen LogP contribution in [-0.2, 0) is 19.9 Å². The number of hydrogen-bond donors (Lipinski definition) is 1. The summed E-state index contributed by atoms with van der Waals surface area (Å²) in [5.74, 6) is -1.03. The number of benzene rings is 4. The normalized spacial score (nSPS) is 12.1. The van der Waals surface area contributed by atoms with Crippen molar-refractivity contribution in [2.24, 2.45) is 0 Å². The Labute approximate surface area is 226 Å². The van der Waals surface area contributed by atoms with Gasteiger partial charge >= 0.3 is 11.9 Å². The molecule has 0 saturated heterocycles. The number of nitrogens with one attached hydrogen (secondary N) is 1. The number of rotatable bonds is 10. The summed E-state index contributed by atoms with van der Waals surface area (Å²) in [6.07, 6.45) is 0.141. The average Bonchev–Trinajstić information content (AvgIpc) is 3.41. The maximum atomic E-state index is 13.8. The van der Waals surface area contributed by atoms with Crippen LogP contribution in [-0.4, -0.2) is 40.2 Å². The van der Waals surface area contributed by atoms with Gasteiger partial charge in [0.25, 0.3) is 0 Å². The molecule has 0 aliphatic rings. The highest BCUT2D eigenvalue weighted by atomic mass is 16.7. The van der Waals surface area contributed by atoms with E-state index in [9.17, 15) is 9.59 Å². The van der Waals surface area contributed by atoms with Crippen molar-refractivity contribution >= 4 is 23.0 Å². The number of aromatic nitrogens is 3. The van der Waals surface area contributed by atoms with E-state index >= 15 is 0 Å². The predicted molar refractivity (Wildman–Crippen MR) is 146 cm³/mol. The minimum Gasteiger partial charge on any atom is -0.469 e. The number of ether oxygens (including phenoxy) is 1. The number of nitrogens with zero attached hydrogens (tertiary/aromatic N) is 3. The number of hydrogen-bond acceptors (Lipinski definition) is 7. The van der Waals surface area contributed by atoms with Crippen LogP contribution in [0.1, 0.15) is 29.5 Å². The van der Waals surface area contributed by atoms with Gasteiger partial charge in [-0.15, -0.1) is 5.10 Å². The van der Waals surface area contributed by atoms with Crippen molar-refractivity contribution in [2.75, 3.05) is 7.11 Å². The molecule has 39 heavy (non-hydrogen) atoms. The molecule has 0 aliphatic heterocycles. The van der Waals surface area contributed by atoms with Gasteiger partial charge in [0.15, 0.2) is 0 Å². The smallest absolute Gasteiger partial charge is 0.351 e. The first kappa shape index (κ1) is 25.8. The molecule has 5 rings (SSSR count). The molecule has 0 unspecified atom stereocenters. The lowest BCUT2D eigenvalue weighted by molar-refractivity contribution is -0.149. The molecule has 4 aromatic carbocycles. The van der Waals surface area contributed by atoms with Gasteiger partial charge in [0.2, 0.25) is 0 Å². The van der Waals surface area contributed by atoms with E-state index in [4.69, 9.17) is 9.57 Å². The van der Waals surface area contributed by atoms with Crippen LogP contribution < -0.4 is 10.2 Å². The maximum Gasteiger partial charge on any atom is 0.351 e. The van der Waals surface area contributed by atoms with Gasteiger partial charge in [-0.2, -0.15) is 0 Å². The van der Waals surface area contributed by atoms with Crippen LogP contribution in [0.3, 0.4) is 0 Å². The Bertz CT molecular complexity index is 1440. The third-order valence-corrected chi connectivity index (χ3v) is 6.66. The second kappa shape index (κ2) is 11.7. The Kier molecular flexibility index (Phi) is 7.75. The highest BCUT2D eigenvalue weighted by Gasteiger charge is 2.40. The lowest BCUT2D eigenvalue weighted by Gasteiger charge is -2.39. The minimum absolute atomic E-state index is 0.00974. The molecule has 0 spiro atoms.